The lowest BCUT2D eigenvalue weighted by molar-refractivity contribution is 0.581. The van der Waals surface area contributed by atoms with E-state index in [0.717, 1.165) is 24.1 Å². The Bertz CT molecular complexity index is 479. The Balaban J connectivity index is 1.87. The van der Waals surface area contributed by atoms with E-state index in [4.69, 9.17) is 0 Å². The molecule has 0 atom stereocenters. The third-order valence-electron chi connectivity index (χ3n) is 2.63. The Morgan fingerprint density at radius 3 is 2.94 bits per heavy atom. The van der Waals surface area contributed by atoms with E-state index in [1.54, 1.807) is 0 Å². The zero-order valence-electron chi connectivity index (χ0n) is 9.86. The van der Waals surface area contributed by atoms with Crippen molar-refractivity contribution < 1.29 is 0 Å². The van der Waals surface area contributed by atoms with Crippen LogP contribution in [0, 0.1) is 0 Å². The molecule has 0 aliphatic carbocycles. The highest BCUT2D eigenvalue weighted by Crippen LogP contribution is 2.11. The van der Waals surface area contributed by atoms with Crippen molar-refractivity contribution in [2.45, 2.75) is 26.6 Å². The predicted molar refractivity (Wildman–Crippen MR) is 72.6 cm³/mol. The van der Waals surface area contributed by atoms with Gasteiger partial charge in [0.05, 0.1) is 5.69 Å². The minimum absolute atomic E-state index is 0.848. The van der Waals surface area contributed by atoms with Gasteiger partial charge >= 0.3 is 0 Å². The molecule has 17 heavy (non-hydrogen) atoms. The second-order valence-electron chi connectivity index (χ2n) is 3.87. The fourth-order valence-corrected chi connectivity index (χ4v) is 2.22. The second-order valence-corrected chi connectivity index (χ2v) is 4.79. The summed E-state index contributed by atoms with van der Waals surface area (Å²) in [6.07, 6.45) is 1.85. The second kappa shape index (κ2) is 5.98. The zero-order valence-corrected chi connectivity index (χ0v) is 11.4. The van der Waals surface area contributed by atoms with Crippen LogP contribution in [0.2, 0.25) is 0 Å². The Labute approximate surface area is 110 Å². The molecule has 0 bridgehead atoms. The number of nitrogens with one attached hydrogen (secondary N) is 1. The summed E-state index contributed by atoms with van der Waals surface area (Å²) >= 11 is 3.47. The van der Waals surface area contributed by atoms with Crippen molar-refractivity contribution in [2.24, 2.45) is 0 Å². The molecule has 1 N–H and O–H groups in total. The molecule has 3 nitrogen and oxygen atoms in total. The van der Waals surface area contributed by atoms with Crippen LogP contribution in [0.15, 0.2) is 41.0 Å². The van der Waals surface area contributed by atoms with Gasteiger partial charge in [0, 0.05) is 30.3 Å². The summed E-state index contributed by atoms with van der Waals surface area (Å²) in [4.78, 5) is 0. The van der Waals surface area contributed by atoms with Gasteiger partial charge in [-0.15, -0.1) is 0 Å². The van der Waals surface area contributed by atoms with Gasteiger partial charge in [0.15, 0.2) is 0 Å². The summed E-state index contributed by atoms with van der Waals surface area (Å²) in [7, 11) is 0. The standard InChI is InChI=1S/C13H16BrN3/c1-2-17-13(6-7-16-17)10-15-9-11-4-3-5-12(14)8-11/h3-8,15H,2,9-10H2,1H3. The topological polar surface area (TPSA) is 29.9 Å². The first kappa shape index (κ1) is 12.3. The maximum Gasteiger partial charge on any atom is 0.0522 e. The van der Waals surface area contributed by atoms with E-state index in [9.17, 15) is 0 Å². The molecule has 1 heterocycles. The van der Waals surface area contributed by atoms with Crippen LogP contribution >= 0.6 is 15.9 Å². The van der Waals surface area contributed by atoms with E-state index >= 15 is 0 Å². The number of rotatable bonds is 5. The normalized spacial score (nSPS) is 10.7. The van der Waals surface area contributed by atoms with Gasteiger partial charge in [-0.05, 0) is 30.7 Å². The molecule has 1 aromatic heterocycles. The molecular formula is C13H16BrN3. The highest BCUT2D eigenvalue weighted by atomic mass is 79.9. The number of nitrogens with zero attached hydrogens (tertiary/aromatic N) is 2. The molecule has 0 aliphatic heterocycles. The van der Waals surface area contributed by atoms with E-state index in [0.29, 0.717) is 0 Å². The number of hydrogen-bond donors (Lipinski definition) is 1. The van der Waals surface area contributed by atoms with Gasteiger partial charge in [-0.2, -0.15) is 5.10 Å². The largest absolute Gasteiger partial charge is 0.307 e. The maximum atomic E-state index is 4.24. The van der Waals surface area contributed by atoms with Gasteiger partial charge in [0.25, 0.3) is 0 Å². The van der Waals surface area contributed by atoms with Gasteiger partial charge in [0.2, 0.25) is 0 Å². The van der Waals surface area contributed by atoms with Crippen molar-refractivity contribution in [2.75, 3.05) is 0 Å². The van der Waals surface area contributed by atoms with E-state index < -0.39 is 0 Å². The summed E-state index contributed by atoms with van der Waals surface area (Å²) in [5, 5.41) is 7.67. The van der Waals surface area contributed by atoms with E-state index in [-0.39, 0.29) is 0 Å². The Morgan fingerprint density at radius 1 is 1.29 bits per heavy atom. The van der Waals surface area contributed by atoms with Crippen LogP contribution in [0.1, 0.15) is 18.2 Å². The first-order chi connectivity index (χ1) is 8.29. The van der Waals surface area contributed by atoms with Crippen LogP contribution in [-0.2, 0) is 19.6 Å². The van der Waals surface area contributed by atoms with Crippen LogP contribution in [0.25, 0.3) is 0 Å². The van der Waals surface area contributed by atoms with Crippen molar-refractivity contribution in [1.29, 1.82) is 0 Å². The number of benzene rings is 1. The van der Waals surface area contributed by atoms with Crippen LogP contribution < -0.4 is 5.32 Å². The van der Waals surface area contributed by atoms with Gasteiger partial charge < -0.3 is 5.32 Å². The molecule has 0 unspecified atom stereocenters. The minimum atomic E-state index is 0.848. The summed E-state index contributed by atoms with van der Waals surface area (Å²) in [5.74, 6) is 0. The number of halogens is 1. The Hall–Kier alpha value is -1.13. The van der Waals surface area contributed by atoms with Gasteiger partial charge in [-0.3, -0.25) is 4.68 Å². The lowest BCUT2D eigenvalue weighted by atomic mass is 10.2. The van der Waals surface area contributed by atoms with Gasteiger partial charge in [-0.1, -0.05) is 28.1 Å². The molecule has 2 rings (SSSR count). The molecular weight excluding hydrogens is 278 g/mol. The van der Waals surface area contributed by atoms with Crippen LogP contribution in [0.4, 0.5) is 0 Å². The third kappa shape index (κ3) is 3.41. The predicted octanol–water partition coefficient (Wildman–Crippen LogP) is 2.96. The molecule has 4 heteroatoms. The number of aryl methyl sites for hydroxylation is 1. The molecule has 0 saturated heterocycles. The van der Waals surface area contributed by atoms with Crippen LogP contribution in [0.5, 0.6) is 0 Å². The zero-order chi connectivity index (χ0) is 12.1. The molecule has 0 amide bonds. The Morgan fingerprint density at radius 2 is 2.18 bits per heavy atom. The van der Waals surface area contributed by atoms with Gasteiger partial charge in [-0.25, -0.2) is 0 Å². The molecule has 2 aromatic rings. The summed E-state index contributed by atoms with van der Waals surface area (Å²) in [6.45, 7) is 4.74. The molecule has 0 aliphatic rings. The monoisotopic (exact) mass is 293 g/mol. The van der Waals surface area contributed by atoms with Crippen molar-refractivity contribution in [1.82, 2.24) is 15.1 Å². The minimum Gasteiger partial charge on any atom is -0.307 e. The first-order valence-electron chi connectivity index (χ1n) is 5.75. The quantitative estimate of drug-likeness (QED) is 0.919. The average molecular weight is 294 g/mol. The maximum absolute atomic E-state index is 4.24. The molecule has 90 valence electrons. The Kier molecular flexibility index (Phi) is 4.34. The van der Waals surface area contributed by atoms with Crippen LogP contribution in [0.3, 0.4) is 0 Å². The summed E-state index contributed by atoms with van der Waals surface area (Å²) < 4.78 is 3.13. The highest BCUT2D eigenvalue weighted by Gasteiger charge is 2.00. The van der Waals surface area contributed by atoms with Gasteiger partial charge in [0.1, 0.15) is 0 Å². The van der Waals surface area contributed by atoms with Crippen molar-refractivity contribution in [3.8, 4) is 0 Å². The SMILES string of the molecule is CCn1nccc1CNCc1cccc(Br)c1. The average Bonchev–Trinajstić information content (AvgIpc) is 2.77. The van der Waals surface area contributed by atoms with E-state index in [1.807, 2.05) is 16.9 Å². The van der Waals surface area contributed by atoms with Crippen LogP contribution in [-0.4, -0.2) is 9.78 Å². The highest BCUT2D eigenvalue weighted by molar-refractivity contribution is 9.10. The fourth-order valence-electron chi connectivity index (χ4n) is 1.78. The summed E-state index contributed by atoms with van der Waals surface area (Å²) in [6, 6.07) is 10.4. The molecule has 0 spiro atoms. The smallest absolute Gasteiger partial charge is 0.0522 e. The number of hydrogen-bond acceptors (Lipinski definition) is 2. The van der Waals surface area contributed by atoms with Crippen molar-refractivity contribution >= 4 is 15.9 Å². The molecule has 0 saturated carbocycles. The van der Waals surface area contributed by atoms with Crippen molar-refractivity contribution in [3.05, 3.63) is 52.3 Å². The third-order valence-corrected chi connectivity index (χ3v) is 3.12. The van der Waals surface area contributed by atoms with E-state index in [1.165, 1.54) is 11.3 Å². The molecule has 1 aromatic carbocycles. The summed E-state index contributed by atoms with van der Waals surface area (Å²) in [5.41, 5.74) is 2.50. The number of aromatic nitrogens is 2. The fraction of sp³-hybridized carbons (Fsp3) is 0.308. The van der Waals surface area contributed by atoms with Crippen molar-refractivity contribution in [3.63, 3.8) is 0 Å². The molecule has 0 fully saturated rings. The van der Waals surface area contributed by atoms with E-state index in [2.05, 4.69) is 57.5 Å². The lowest BCUT2D eigenvalue weighted by Gasteiger charge is -2.07. The molecule has 0 radical (unpaired) electrons. The first-order valence-corrected chi connectivity index (χ1v) is 6.54. The lowest BCUT2D eigenvalue weighted by Crippen LogP contribution is -2.16.